The minimum absolute atomic E-state index is 0.0614. The van der Waals surface area contributed by atoms with E-state index in [0.717, 1.165) is 40.9 Å². The van der Waals surface area contributed by atoms with E-state index >= 15 is 0 Å². The fourth-order valence-electron chi connectivity index (χ4n) is 3.62. The summed E-state index contributed by atoms with van der Waals surface area (Å²) in [5, 5.41) is 26.7. The van der Waals surface area contributed by atoms with Crippen LogP contribution in [-0.2, 0) is 18.9 Å². The zero-order chi connectivity index (χ0) is 19.0. The maximum atomic E-state index is 9.88. The smallest absolute Gasteiger partial charge is 0.227 e. The second kappa shape index (κ2) is 6.49. The number of aliphatic hydroxyl groups is 1. The quantitative estimate of drug-likeness (QED) is 0.742. The molecular weight excluding hydrogens is 340 g/mol. The second-order valence-corrected chi connectivity index (χ2v) is 7.17. The van der Waals surface area contributed by atoms with Gasteiger partial charge in [0.25, 0.3) is 0 Å². The molecule has 7 nitrogen and oxygen atoms in total. The molecule has 7 heteroatoms. The highest BCUT2D eigenvalue weighted by Crippen LogP contribution is 2.42. The Balaban J connectivity index is 1.75. The van der Waals surface area contributed by atoms with Crippen molar-refractivity contribution in [3.05, 3.63) is 53.5 Å². The van der Waals surface area contributed by atoms with Gasteiger partial charge in [-0.15, -0.1) is 0 Å². The van der Waals surface area contributed by atoms with E-state index in [-0.39, 0.29) is 12.0 Å². The van der Waals surface area contributed by atoms with Crippen LogP contribution in [0, 0.1) is 11.3 Å². The number of nitrogens with zero attached hydrogens (tertiary/aromatic N) is 5. The zero-order valence-electron chi connectivity index (χ0n) is 15.3. The highest BCUT2D eigenvalue weighted by molar-refractivity contribution is 5.68. The second-order valence-electron chi connectivity index (χ2n) is 7.17. The molecule has 1 aliphatic rings. The molecule has 27 heavy (non-hydrogen) atoms. The highest BCUT2D eigenvalue weighted by atomic mass is 16.3. The van der Waals surface area contributed by atoms with Gasteiger partial charge >= 0.3 is 0 Å². The number of rotatable bonds is 4. The average molecular weight is 360 g/mol. The molecule has 0 fully saturated rings. The van der Waals surface area contributed by atoms with Crippen LogP contribution in [0.3, 0.4) is 0 Å². The van der Waals surface area contributed by atoms with E-state index in [1.54, 1.807) is 17.1 Å². The molecule has 0 spiro atoms. The lowest BCUT2D eigenvalue weighted by Gasteiger charge is -2.23. The predicted molar refractivity (Wildman–Crippen MR) is 101 cm³/mol. The van der Waals surface area contributed by atoms with E-state index in [9.17, 15) is 10.4 Å². The lowest BCUT2D eigenvalue weighted by molar-refractivity contribution is 0.206. The Morgan fingerprint density at radius 2 is 2.26 bits per heavy atom. The third kappa shape index (κ3) is 3.04. The Morgan fingerprint density at radius 3 is 2.96 bits per heavy atom. The molecule has 1 aliphatic carbocycles. The van der Waals surface area contributed by atoms with Gasteiger partial charge in [0, 0.05) is 30.4 Å². The van der Waals surface area contributed by atoms with Crippen LogP contribution in [0.5, 0.6) is 0 Å². The minimum Gasteiger partial charge on any atom is -0.395 e. The Bertz CT molecular complexity index is 1050. The van der Waals surface area contributed by atoms with Gasteiger partial charge in [0.15, 0.2) is 0 Å². The van der Waals surface area contributed by atoms with E-state index < -0.39 is 0 Å². The van der Waals surface area contributed by atoms with E-state index in [0.29, 0.717) is 11.5 Å². The Morgan fingerprint density at radius 1 is 1.41 bits per heavy atom. The topological polar surface area (TPSA) is 99.7 Å². The third-order valence-electron chi connectivity index (χ3n) is 5.21. The van der Waals surface area contributed by atoms with Crippen molar-refractivity contribution in [1.82, 2.24) is 19.7 Å². The maximum absolute atomic E-state index is 9.88. The average Bonchev–Trinajstić information content (AvgIpc) is 3.25. The Kier molecular flexibility index (Phi) is 4.13. The fraction of sp³-hybridized carbons (Fsp3) is 0.300. The molecular formula is C20H20N6O. The van der Waals surface area contributed by atoms with E-state index in [2.05, 4.69) is 32.5 Å². The van der Waals surface area contributed by atoms with Crippen LogP contribution >= 0.6 is 0 Å². The van der Waals surface area contributed by atoms with Gasteiger partial charge in [-0.3, -0.25) is 4.68 Å². The summed E-state index contributed by atoms with van der Waals surface area (Å²) in [6.07, 6.45) is 6.88. The molecule has 1 atom stereocenters. The molecule has 0 aliphatic heterocycles. The first kappa shape index (κ1) is 17.2. The number of hydrogen-bond donors (Lipinski definition) is 2. The molecule has 1 unspecified atom stereocenters. The van der Waals surface area contributed by atoms with Crippen LogP contribution in [0.4, 0.5) is 11.6 Å². The number of aliphatic hydroxyl groups excluding tert-OH is 1. The van der Waals surface area contributed by atoms with Gasteiger partial charge < -0.3 is 10.4 Å². The molecule has 0 radical (unpaired) electrons. The summed E-state index contributed by atoms with van der Waals surface area (Å²) in [5.41, 5.74) is 4.79. The number of nitriles is 1. The third-order valence-corrected chi connectivity index (χ3v) is 5.21. The van der Waals surface area contributed by atoms with Crippen LogP contribution in [0.2, 0.25) is 0 Å². The molecule has 1 aromatic carbocycles. The molecule has 0 amide bonds. The first-order valence-corrected chi connectivity index (χ1v) is 8.80. The van der Waals surface area contributed by atoms with Gasteiger partial charge in [0.1, 0.15) is 0 Å². The number of fused-ring (bicyclic) bond motifs is 1. The number of benzene rings is 1. The van der Waals surface area contributed by atoms with Crippen LogP contribution in [0.25, 0.3) is 11.3 Å². The molecule has 2 heterocycles. The zero-order valence-corrected chi connectivity index (χ0v) is 15.3. The van der Waals surface area contributed by atoms with E-state index in [1.165, 1.54) is 0 Å². The van der Waals surface area contributed by atoms with Gasteiger partial charge in [-0.1, -0.05) is 6.92 Å². The van der Waals surface area contributed by atoms with Gasteiger partial charge in [0.2, 0.25) is 5.95 Å². The number of nitrogens with one attached hydrogen (secondary N) is 1. The van der Waals surface area contributed by atoms with E-state index in [1.807, 2.05) is 32.3 Å². The number of aromatic nitrogens is 4. The summed E-state index contributed by atoms with van der Waals surface area (Å²) < 4.78 is 1.70. The van der Waals surface area contributed by atoms with Gasteiger partial charge in [-0.05, 0) is 42.2 Å². The summed E-state index contributed by atoms with van der Waals surface area (Å²) in [6.45, 7) is 2.10. The lowest BCUT2D eigenvalue weighted by atomic mass is 9.83. The van der Waals surface area contributed by atoms with Crippen LogP contribution in [-0.4, -0.2) is 31.5 Å². The van der Waals surface area contributed by atoms with Crippen LogP contribution in [0.15, 0.2) is 36.8 Å². The molecule has 0 saturated heterocycles. The normalized spacial score (nSPS) is 18.1. The van der Waals surface area contributed by atoms with Gasteiger partial charge in [0.05, 0.1) is 35.8 Å². The van der Waals surface area contributed by atoms with Crippen LogP contribution in [0.1, 0.15) is 30.0 Å². The van der Waals surface area contributed by atoms with Crippen molar-refractivity contribution in [2.75, 3.05) is 11.9 Å². The van der Waals surface area contributed by atoms with Crippen molar-refractivity contribution in [3.8, 4) is 17.3 Å². The fourth-order valence-corrected chi connectivity index (χ4v) is 3.62. The van der Waals surface area contributed by atoms with E-state index in [4.69, 9.17) is 0 Å². The van der Waals surface area contributed by atoms with Crippen molar-refractivity contribution in [2.24, 2.45) is 7.05 Å². The van der Waals surface area contributed by atoms with Crippen molar-refractivity contribution in [1.29, 1.82) is 5.26 Å². The van der Waals surface area contributed by atoms with Crippen molar-refractivity contribution >= 4 is 11.6 Å². The summed E-state index contributed by atoms with van der Waals surface area (Å²) in [6, 6.07) is 8.05. The number of anilines is 2. The minimum atomic E-state index is -0.319. The van der Waals surface area contributed by atoms with Gasteiger partial charge in [-0.2, -0.15) is 10.4 Å². The largest absolute Gasteiger partial charge is 0.395 e. The summed E-state index contributed by atoms with van der Waals surface area (Å²) >= 11 is 0. The summed E-state index contributed by atoms with van der Waals surface area (Å²) in [4.78, 5) is 8.86. The van der Waals surface area contributed by atoms with Gasteiger partial charge in [-0.25, -0.2) is 9.97 Å². The molecule has 2 N–H and O–H groups in total. The molecule has 136 valence electrons. The monoisotopic (exact) mass is 360 g/mol. The predicted octanol–water partition coefficient (Wildman–Crippen LogP) is 2.69. The molecule has 2 aromatic heterocycles. The molecule has 0 saturated carbocycles. The van der Waals surface area contributed by atoms with Crippen LogP contribution < -0.4 is 5.32 Å². The van der Waals surface area contributed by atoms with Crippen molar-refractivity contribution in [2.45, 2.75) is 25.2 Å². The Hall–Kier alpha value is -3.24. The lowest BCUT2D eigenvalue weighted by Crippen LogP contribution is -2.23. The molecule has 3 aromatic rings. The SMILES string of the molecule is Cn1cc(Nc2nccc(-c3cc(C#N)c4c(c3)C(C)(CO)CC4)n2)cn1. The van der Waals surface area contributed by atoms with Crippen molar-refractivity contribution < 1.29 is 5.11 Å². The molecule has 4 rings (SSSR count). The highest BCUT2D eigenvalue weighted by Gasteiger charge is 2.35. The summed E-state index contributed by atoms with van der Waals surface area (Å²) in [7, 11) is 1.84. The van der Waals surface area contributed by atoms with Crippen molar-refractivity contribution in [3.63, 3.8) is 0 Å². The first-order valence-electron chi connectivity index (χ1n) is 8.80. The standard InChI is InChI=1S/C20H20N6O/c1-20(12-27)5-3-16-14(9-21)7-13(8-17(16)20)18-4-6-22-19(25-18)24-15-10-23-26(2)11-15/h4,6-8,10-11,27H,3,5,12H2,1-2H3,(H,22,24,25). The number of aryl methyl sites for hydroxylation is 1. The maximum Gasteiger partial charge on any atom is 0.227 e. The Labute approximate surface area is 157 Å². The molecule has 0 bridgehead atoms. The summed E-state index contributed by atoms with van der Waals surface area (Å²) in [5.74, 6) is 0.462. The first-order chi connectivity index (χ1) is 13.0. The number of hydrogen-bond acceptors (Lipinski definition) is 6.